The Balaban J connectivity index is 1.62. The quantitative estimate of drug-likeness (QED) is 0.512. The van der Waals surface area contributed by atoms with E-state index in [2.05, 4.69) is 41.5 Å². The van der Waals surface area contributed by atoms with Gasteiger partial charge in [-0.1, -0.05) is 41.5 Å². The lowest BCUT2D eigenvalue weighted by Crippen LogP contribution is -2.68. The molecule has 2 spiro atoms. The molecule has 30 heavy (non-hydrogen) atoms. The summed E-state index contributed by atoms with van der Waals surface area (Å²) in [5.41, 5.74) is 0.561. The van der Waals surface area contributed by atoms with Crippen molar-refractivity contribution < 1.29 is 19.0 Å². The van der Waals surface area contributed by atoms with Crippen LogP contribution in [-0.2, 0) is 19.0 Å². The molecule has 5 aliphatic rings. The van der Waals surface area contributed by atoms with Crippen LogP contribution in [0.1, 0.15) is 87.0 Å². The van der Waals surface area contributed by atoms with Gasteiger partial charge in [-0.15, -0.1) is 0 Å². The van der Waals surface area contributed by atoms with E-state index in [0.717, 1.165) is 37.0 Å². The third-order valence-electron chi connectivity index (χ3n) is 10.8. The third kappa shape index (κ3) is 2.23. The minimum absolute atomic E-state index is 0.0329. The molecule has 4 fully saturated rings. The van der Waals surface area contributed by atoms with E-state index in [-0.39, 0.29) is 27.6 Å². The molecule has 0 N–H and O–H groups in total. The van der Waals surface area contributed by atoms with Crippen LogP contribution < -0.4 is 0 Å². The minimum Gasteiger partial charge on any atom is -0.490 e. The van der Waals surface area contributed by atoms with Crippen LogP contribution >= 0.6 is 0 Å². The SMILES string of the molecule is CC1=C2O[C@@]3(C[C@]2(C)[C@@H](C)CC1=O)[C@@H](C)CC[C@H]1C(C)(C)C2(CC[C@@]13C)OCCO2. The molecule has 168 valence electrons. The first kappa shape index (κ1) is 21.0. The van der Waals surface area contributed by atoms with Crippen molar-refractivity contribution in [3.63, 3.8) is 0 Å². The number of hydrogen-bond donors (Lipinski definition) is 0. The summed E-state index contributed by atoms with van der Waals surface area (Å²) in [7, 11) is 0. The lowest BCUT2D eigenvalue weighted by molar-refractivity contribution is -0.316. The first-order chi connectivity index (χ1) is 13.9. The number of carbonyl (C=O) groups is 1. The van der Waals surface area contributed by atoms with Crippen molar-refractivity contribution in [2.75, 3.05) is 13.2 Å². The molecule has 0 aromatic rings. The molecule has 0 aromatic carbocycles. The normalized spacial score (nSPS) is 49.3. The summed E-state index contributed by atoms with van der Waals surface area (Å²) in [6.07, 6.45) is 6.00. The highest BCUT2D eigenvalue weighted by Gasteiger charge is 2.73. The average molecular weight is 417 g/mol. The Labute approximate surface area is 182 Å². The van der Waals surface area contributed by atoms with E-state index in [4.69, 9.17) is 14.2 Å². The Kier molecular flexibility index (Phi) is 4.29. The van der Waals surface area contributed by atoms with E-state index in [1.54, 1.807) is 0 Å². The van der Waals surface area contributed by atoms with Crippen LogP contribution in [-0.4, -0.2) is 30.4 Å². The monoisotopic (exact) mass is 416 g/mol. The van der Waals surface area contributed by atoms with Crippen molar-refractivity contribution in [2.24, 2.45) is 34.0 Å². The van der Waals surface area contributed by atoms with Crippen LogP contribution in [0.2, 0.25) is 0 Å². The zero-order chi connectivity index (χ0) is 21.7. The molecule has 0 amide bonds. The summed E-state index contributed by atoms with van der Waals surface area (Å²) in [5.74, 6) is 2.08. The molecule has 2 saturated carbocycles. The third-order valence-corrected chi connectivity index (χ3v) is 10.8. The Morgan fingerprint density at radius 1 is 0.933 bits per heavy atom. The fraction of sp³-hybridized carbons (Fsp3) is 0.885. The lowest BCUT2D eigenvalue weighted by Gasteiger charge is -2.66. The smallest absolute Gasteiger partial charge is 0.173 e. The molecule has 4 nitrogen and oxygen atoms in total. The van der Waals surface area contributed by atoms with Crippen LogP contribution in [0.3, 0.4) is 0 Å². The molecule has 0 unspecified atom stereocenters. The molecule has 6 atom stereocenters. The predicted molar refractivity (Wildman–Crippen MR) is 116 cm³/mol. The number of rotatable bonds is 0. The van der Waals surface area contributed by atoms with E-state index in [0.29, 0.717) is 37.4 Å². The topological polar surface area (TPSA) is 44.8 Å². The average Bonchev–Trinajstić information content (AvgIpc) is 3.28. The standard InChI is InChI=1S/C26H40O4/c1-16-8-9-20-22(4,5)26(28-12-13-29-26)11-10-24(20,7)25(16)15-23(6)17(2)14-19(27)18(3)21(23)30-25/h16-17,20H,8-15H2,1-7H3/t16-,17-,20-,23+,24-,25-/m0/s1. The molecule has 0 aromatic heterocycles. The number of Topliss-reactive ketones (excluding diaryl/α,β-unsaturated/α-hetero) is 1. The van der Waals surface area contributed by atoms with Gasteiger partial charge in [-0.2, -0.15) is 0 Å². The van der Waals surface area contributed by atoms with Gasteiger partial charge in [-0.25, -0.2) is 0 Å². The molecular weight excluding hydrogens is 376 g/mol. The highest BCUT2D eigenvalue weighted by atomic mass is 16.7. The lowest BCUT2D eigenvalue weighted by atomic mass is 9.42. The maximum Gasteiger partial charge on any atom is 0.173 e. The summed E-state index contributed by atoms with van der Waals surface area (Å²) in [5, 5.41) is 0. The Morgan fingerprint density at radius 2 is 1.60 bits per heavy atom. The van der Waals surface area contributed by atoms with Crippen LogP contribution in [0.4, 0.5) is 0 Å². The maximum atomic E-state index is 12.7. The second kappa shape index (κ2) is 6.13. The zero-order valence-electron chi connectivity index (χ0n) is 20.0. The van der Waals surface area contributed by atoms with Gasteiger partial charge in [0.1, 0.15) is 11.4 Å². The van der Waals surface area contributed by atoms with Gasteiger partial charge in [0.05, 0.1) is 13.2 Å². The second-order valence-electron chi connectivity index (χ2n) is 12.2. The number of ketones is 1. The molecule has 5 rings (SSSR count). The molecular formula is C26H40O4. The van der Waals surface area contributed by atoms with Crippen molar-refractivity contribution in [2.45, 2.75) is 98.4 Å². The summed E-state index contributed by atoms with van der Waals surface area (Å²) in [6, 6.07) is 0. The highest BCUT2D eigenvalue weighted by Crippen LogP contribution is 2.73. The van der Waals surface area contributed by atoms with Crippen molar-refractivity contribution in [3.05, 3.63) is 11.3 Å². The van der Waals surface area contributed by atoms with Gasteiger partial charge in [-0.3, -0.25) is 4.79 Å². The molecule has 2 aliphatic heterocycles. The molecule has 0 radical (unpaired) electrons. The molecule has 2 saturated heterocycles. The van der Waals surface area contributed by atoms with Gasteiger partial charge in [0.2, 0.25) is 0 Å². The van der Waals surface area contributed by atoms with E-state index >= 15 is 0 Å². The van der Waals surface area contributed by atoms with Gasteiger partial charge in [-0.05, 0) is 43.9 Å². The van der Waals surface area contributed by atoms with Gasteiger partial charge in [0.15, 0.2) is 11.6 Å². The first-order valence-electron chi connectivity index (χ1n) is 12.1. The van der Waals surface area contributed by atoms with E-state index in [1.165, 1.54) is 6.42 Å². The number of ether oxygens (including phenoxy) is 3. The fourth-order valence-electron chi connectivity index (χ4n) is 8.59. The number of hydrogen-bond acceptors (Lipinski definition) is 4. The first-order valence-corrected chi connectivity index (χ1v) is 12.1. The Hall–Kier alpha value is -0.870. The summed E-state index contributed by atoms with van der Waals surface area (Å²) in [6.45, 7) is 17.6. The molecule has 4 heteroatoms. The summed E-state index contributed by atoms with van der Waals surface area (Å²) < 4.78 is 19.8. The van der Waals surface area contributed by atoms with Gasteiger partial charge < -0.3 is 14.2 Å². The van der Waals surface area contributed by atoms with Crippen molar-refractivity contribution in [1.82, 2.24) is 0 Å². The van der Waals surface area contributed by atoms with E-state index < -0.39 is 5.79 Å². The van der Waals surface area contributed by atoms with E-state index in [9.17, 15) is 4.79 Å². The molecule has 0 bridgehead atoms. The van der Waals surface area contributed by atoms with Gasteiger partial charge in [0.25, 0.3) is 0 Å². The Bertz CT molecular complexity index is 806. The van der Waals surface area contributed by atoms with Gasteiger partial charge >= 0.3 is 0 Å². The van der Waals surface area contributed by atoms with Crippen molar-refractivity contribution >= 4 is 5.78 Å². The minimum atomic E-state index is -0.452. The summed E-state index contributed by atoms with van der Waals surface area (Å²) in [4.78, 5) is 12.7. The Morgan fingerprint density at radius 3 is 2.27 bits per heavy atom. The second-order valence-corrected chi connectivity index (χ2v) is 12.2. The largest absolute Gasteiger partial charge is 0.490 e. The highest BCUT2D eigenvalue weighted by molar-refractivity contribution is 5.96. The van der Waals surface area contributed by atoms with Crippen LogP contribution in [0, 0.1) is 34.0 Å². The maximum absolute atomic E-state index is 12.7. The van der Waals surface area contributed by atoms with Crippen molar-refractivity contribution in [1.29, 1.82) is 0 Å². The fourth-order valence-corrected chi connectivity index (χ4v) is 8.59. The number of allylic oxidation sites excluding steroid dienone is 2. The number of carbonyl (C=O) groups excluding carboxylic acids is 1. The van der Waals surface area contributed by atoms with Crippen molar-refractivity contribution in [3.8, 4) is 0 Å². The molecule has 3 aliphatic carbocycles. The predicted octanol–water partition coefficient (Wildman–Crippen LogP) is 5.65. The van der Waals surface area contributed by atoms with E-state index in [1.807, 2.05) is 6.92 Å². The van der Waals surface area contributed by atoms with Crippen LogP contribution in [0.25, 0.3) is 0 Å². The molecule has 2 heterocycles. The zero-order valence-corrected chi connectivity index (χ0v) is 20.0. The van der Waals surface area contributed by atoms with Gasteiger partial charge in [0, 0.05) is 41.1 Å². The van der Waals surface area contributed by atoms with Crippen LogP contribution in [0.15, 0.2) is 11.3 Å². The summed E-state index contributed by atoms with van der Waals surface area (Å²) >= 11 is 0. The van der Waals surface area contributed by atoms with Crippen LogP contribution in [0.5, 0.6) is 0 Å². The number of fused-ring (bicyclic) bond motifs is 3.